The highest BCUT2D eigenvalue weighted by Gasteiger charge is 1.77. The van der Waals surface area contributed by atoms with Crippen molar-refractivity contribution < 1.29 is 0 Å². The summed E-state index contributed by atoms with van der Waals surface area (Å²) in [5, 5.41) is 3.29. The van der Waals surface area contributed by atoms with Gasteiger partial charge < -0.3 is 0 Å². The molecule has 0 unspecified atom stereocenters. The minimum absolute atomic E-state index is 1.09. The number of hydrogen-bond donors (Lipinski definition) is 0. The molecule has 0 aromatic carbocycles. The van der Waals surface area contributed by atoms with Crippen molar-refractivity contribution in [3.8, 4) is 0 Å². The Morgan fingerprint density at radius 2 is 2.33 bits per heavy atom. The van der Waals surface area contributed by atoms with E-state index in [1.807, 2.05) is 0 Å². The van der Waals surface area contributed by atoms with Gasteiger partial charge in [0.2, 0.25) is 0 Å². The molecule has 1 aromatic rings. The summed E-state index contributed by atoms with van der Waals surface area (Å²) in [7, 11) is 2.61. The smallest absolute Gasteiger partial charge is 0.0780 e. The maximum absolute atomic E-state index is 2.22. The van der Waals surface area contributed by atoms with Gasteiger partial charge >= 0.3 is 0 Å². The molecule has 6 heavy (non-hydrogen) atoms. The average molecular weight is 117 g/mol. The third-order valence-corrected chi connectivity index (χ3v) is 3.43. The van der Waals surface area contributed by atoms with E-state index < -0.39 is 0 Å². The molecule has 0 N–H and O–H groups in total. The van der Waals surface area contributed by atoms with Gasteiger partial charge in [0.05, 0.1) is 0 Å². The second-order valence-corrected chi connectivity index (χ2v) is 5.56. The van der Waals surface area contributed by atoms with E-state index in [0.717, 1.165) is 8.19 Å². The van der Waals surface area contributed by atoms with Crippen LogP contribution >= 0.6 is 16.4 Å². The Balaban J connectivity index is 2.77. The van der Waals surface area contributed by atoms with Gasteiger partial charge in [-0.1, -0.05) is 13.8 Å². The zero-order valence-electron chi connectivity index (χ0n) is 3.95. The van der Waals surface area contributed by atoms with Gasteiger partial charge in [-0.25, -0.2) is 16.4 Å². The van der Waals surface area contributed by atoms with E-state index in [-0.39, 0.29) is 0 Å². The highest BCUT2D eigenvalue weighted by atomic mass is 31.1. The predicted molar refractivity (Wildman–Crippen MR) is 33.5 cm³/mol. The lowest BCUT2D eigenvalue weighted by molar-refractivity contribution is 1.70. The van der Waals surface area contributed by atoms with Crippen LogP contribution in [0.4, 0.5) is 0 Å². The van der Waals surface area contributed by atoms with Crippen molar-refractivity contribution in [2.75, 3.05) is 0 Å². The van der Waals surface area contributed by atoms with Crippen LogP contribution in [0.15, 0.2) is 0 Å². The molecule has 0 aliphatic rings. The van der Waals surface area contributed by atoms with E-state index in [0.29, 0.717) is 0 Å². The van der Waals surface area contributed by atoms with Gasteiger partial charge in [0.25, 0.3) is 0 Å². The van der Waals surface area contributed by atoms with E-state index in [9.17, 15) is 0 Å². The molecule has 2 heteroatoms. The van der Waals surface area contributed by atoms with Gasteiger partial charge in [-0.05, 0) is 0 Å². The van der Waals surface area contributed by atoms with Gasteiger partial charge in [0, 0.05) is 0 Å². The van der Waals surface area contributed by atoms with E-state index in [4.69, 9.17) is 0 Å². The van der Waals surface area contributed by atoms with Gasteiger partial charge in [-0.2, -0.15) is 0 Å². The molecule has 0 atom stereocenters. The summed E-state index contributed by atoms with van der Waals surface area (Å²) in [5.41, 5.74) is 0. The first-order valence-electron chi connectivity index (χ1n) is 1.95. The van der Waals surface area contributed by atoms with Crippen molar-refractivity contribution in [2.45, 2.75) is 13.8 Å². The third kappa shape index (κ3) is 0.696. The quantitative estimate of drug-likeness (QED) is 0.458. The minimum Gasteiger partial charge on any atom is -0.240 e. The Morgan fingerprint density at radius 1 is 1.83 bits per heavy atom. The molecule has 0 aliphatic heterocycles. The molecule has 0 nitrogen and oxygen atoms in total. The fourth-order valence-electron chi connectivity index (χ4n) is 0.516. The molecule has 34 valence electrons. The molecule has 1 rings (SSSR count). The number of aryl methyl sites for hydroxylation is 2. The van der Waals surface area contributed by atoms with Crippen molar-refractivity contribution in [3.05, 3.63) is 10.1 Å². The summed E-state index contributed by atoms with van der Waals surface area (Å²) in [6, 6.07) is 0. The normalized spacial score (nSPS) is 12.3. The summed E-state index contributed by atoms with van der Waals surface area (Å²) in [6.45, 7) is 4.43. The molecule has 0 fully saturated rings. The molecule has 0 saturated heterocycles. The lowest BCUT2D eigenvalue weighted by atomic mass is 10.9. The van der Waals surface area contributed by atoms with Crippen LogP contribution in [-0.2, 0) is 0 Å². The lowest BCUT2D eigenvalue weighted by Gasteiger charge is -2.06. The zero-order chi connectivity index (χ0) is 4.57. The molecule has 1 heterocycles. The van der Waals surface area contributed by atoms with Crippen LogP contribution in [0.1, 0.15) is 10.1 Å². The summed E-state index contributed by atoms with van der Waals surface area (Å²) in [6.07, 6.45) is 0. The van der Waals surface area contributed by atoms with Crippen LogP contribution in [0, 0.1) is 13.8 Å². The van der Waals surface area contributed by atoms with Gasteiger partial charge in [0.15, 0.2) is 0 Å². The van der Waals surface area contributed by atoms with Crippen LogP contribution in [-0.4, -0.2) is 0 Å². The fraction of sp³-hybridized carbons (Fsp3) is 0.500. The Labute approximate surface area is 41.1 Å². The van der Waals surface area contributed by atoms with Crippen LogP contribution < -0.4 is 0 Å². The molecule has 0 spiro atoms. The van der Waals surface area contributed by atoms with Crippen LogP contribution in [0.25, 0.3) is 0 Å². The SMILES string of the molecule is Cc1p[c-](C)[pH]1. The van der Waals surface area contributed by atoms with E-state index >= 15 is 0 Å². The Hall–Kier alpha value is 0.340. The molecule has 0 aliphatic carbocycles. The molecule has 0 bridgehead atoms. The Bertz CT molecular complexity index is 103. The summed E-state index contributed by atoms with van der Waals surface area (Å²) >= 11 is 0. The summed E-state index contributed by atoms with van der Waals surface area (Å²) in [5.74, 6) is 0. The summed E-state index contributed by atoms with van der Waals surface area (Å²) < 4.78 is 0. The molecular weight excluding hydrogens is 110 g/mol. The van der Waals surface area contributed by atoms with Crippen molar-refractivity contribution in [2.24, 2.45) is 0 Å². The number of hydrogen-bond acceptors (Lipinski definition) is 0. The van der Waals surface area contributed by atoms with Crippen molar-refractivity contribution in [3.63, 3.8) is 0 Å². The number of rotatable bonds is 0. The average Bonchev–Trinajstić information content (AvgIpc) is 1.33. The molecule has 0 radical (unpaired) electrons. The topological polar surface area (TPSA) is 0 Å². The second kappa shape index (κ2) is 1.45. The zero-order valence-corrected chi connectivity index (χ0v) is 5.84. The van der Waals surface area contributed by atoms with Crippen molar-refractivity contribution in [1.29, 1.82) is 0 Å². The molecular formula is C4H7P2-. The molecule has 0 amide bonds. The monoisotopic (exact) mass is 117 g/mol. The Kier molecular flexibility index (Phi) is 1.08. The fourth-order valence-corrected chi connectivity index (χ4v) is 3.23. The maximum Gasteiger partial charge on any atom is -0.0780 e. The molecule has 1 aromatic heterocycles. The van der Waals surface area contributed by atoms with E-state index in [1.54, 1.807) is 10.1 Å². The van der Waals surface area contributed by atoms with E-state index in [1.165, 1.54) is 8.19 Å². The van der Waals surface area contributed by atoms with Crippen molar-refractivity contribution in [1.82, 2.24) is 0 Å². The lowest BCUT2D eigenvalue weighted by Crippen LogP contribution is -1.57. The van der Waals surface area contributed by atoms with Crippen LogP contribution in [0.3, 0.4) is 0 Å². The predicted octanol–water partition coefficient (Wildman–Crippen LogP) is 2.63. The highest BCUT2D eigenvalue weighted by molar-refractivity contribution is 7.61. The largest absolute Gasteiger partial charge is 0.240 e. The standard InChI is InChI=1S/C4H7P2/c1-3-5-4(2)6-3/h5H,1-2H3/q-1. The van der Waals surface area contributed by atoms with Crippen LogP contribution in [0.5, 0.6) is 0 Å². The van der Waals surface area contributed by atoms with Gasteiger partial charge in [0.1, 0.15) is 0 Å². The van der Waals surface area contributed by atoms with Crippen molar-refractivity contribution >= 4 is 16.4 Å². The summed E-state index contributed by atoms with van der Waals surface area (Å²) in [4.78, 5) is 0. The van der Waals surface area contributed by atoms with E-state index in [2.05, 4.69) is 13.8 Å². The third-order valence-electron chi connectivity index (χ3n) is 0.697. The first-order valence-corrected chi connectivity index (χ1v) is 3.84. The molecule has 0 saturated carbocycles. The van der Waals surface area contributed by atoms with Crippen LogP contribution in [0.2, 0.25) is 0 Å². The highest BCUT2D eigenvalue weighted by Crippen LogP contribution is 2.36. The first-order chi connectivity index (χ1) is 2.79. The maximum atomic E-state index is 2.22. The van der Waals surface area contributed by atoms with Gasteiger partial charge in [-0.15, -0.1) is 10.1 Å². The van der Waals surface area contributed by atoms with Gasteiger partial charge in [-0.3, -0.25) is 0 Å². The minimum atomic E-state index is 1.09. The second-order valence-electron chi connectivity index (χ2n) is 1.41. The first kappa shape index (κ1) is 4.50. The Morgan fingerprint density at radius 3 is 2.33 bits per heavy atom.